The lowest BCUT2D eigenvalue weighted by molar-refractivity contribution is -0.143. The Morgan fingerprint density at radius 1 is 1.15 bits per heavy atom. The van der Waals surface area contributed by atoms with Crippen LogP contribution in [0.15, 0.2) is 12.1 Å². The molecule has 7 nitrogen and oxygen atoms in total. The van der Waals surface area contributed by atoms with E-state index in [0.717, 1.165) is 25.1 Å². The molecule has 9 heteroatoms. The second kappa shape index (κ2) is 8.99. The number of likely N-dealkylation sites (tertiary alicyclic amines) is 1. The van der Waals surface area contributed by atoms with Crippen molar-refractivity contribution in [1.82, 2.24) is 15.3 Å². The van der Waals surface area contributed by atoms with Crippen LogP contribution in [0.2, 0.25) is 10.0 Å². The van der Waals surface area contributed by atoms with Gasteiger partial charge < -0.3 is 19.8 Å². The highest BCUT2D eigenvalue weighted by Gasteiger charge is 2.29. The predicted octanol–water partition coefficient (Wildman–Crippen LogP) is 3.09. The molecule has 0 spiro atoms. The van der Waals surface area contributed by atoms with Crippen LogP contribution >= 0.6 is 23.2 Å². The molecule has 2 fully saturated rings. The maximum absolute atomic E-state index is 12.5. The third kappa shape index (κ3) is 4.97. The molecule has 1 aromatic rings. The summed E-state index contributed by atoms with van der Waals surface area (Å²) in [5.41, 5.74) is 0.765. The topological polar surface area (TPSA) is 71.1 Å². The van der Waals surface area contributed by atoms with E-state index in [1.165, 1.54) is 0 Å². The lowest BCUT2D eigenvalue weighted by Crippen LogP contribution is -2.47. The number of nitrogens with zero attached hydrogens (tertiary/aromatic N) is 2. The summed E-state index contributed by atoms with van der Waals surface area (Å²) >= 11 is 12.0. The van der Waals surface area contributed by atoms with E-state index in [9.17, 15) is 9.59 Å². The number of carbonyl (C=O) groups excluding carboxylic acids is 2. The first-order valence-corrected chi connectivity index (χ1v) is 9.75. The SMILES string of the molecule is COc1cc(Cl)c(Cl)cc1CNC(=O)C1CCN(OC(=O)N2CCC2)CC1. The smallest absolute Gasteiger partial charge is 0.428 e. The molecule has 1 aromatic carbocycles. The van der Waals surface area contributed by atoms with Crippen molar-refractivity contribution in [2.75, 3.05) is 33.3 Å². The highest BCUT2D eigenvalue weighted by atomic mass is 35.5. The van der Waals surface area contributed by atoms with Gasteiger partial charge in [0, 0.05) is 50.3 Å². The van der Waals surface area contributed by atoms with E-state index in [2.05, 4.69) is 5.32 Å². The lowest BCUT2D eigenvalue weighted by Gasteiger charge is -2.34. The van der Waals surface area contributed by atoms with Crippen molar-refractivity contribution in [3.05, 3.63) is 27.7 Å². The van der Waals surface area contributed by atoms with E-state index < -0.39 is 0 Å². The maximum Gasteiger partial charge on any atom is 0.428 e. The molecule has 148 valence electrons. The Morgan fingerprint density at radius 3 is 2.41 bits per heavy atom. The summed E-state index contributed by atoms with van der Waals surface area (Å²) < 4.78 is 5.29. The summed E-state index contributed by atoms with van der Waals surface area (Å²) in [5.74, 6) is 0.437. The van der Waals surface area contributed by atoms with E-state index in [-0.39, 0.29) is 17.9 Å². The number of ether oxygens (including phenoxy) is 1. The molecule has 2 heterocycles. The second-order valence-corrected chi connectivity index (χ2v) is 7.51. The maximum atomic E-state index is 12.5. The van der Waals surface area contributed by atoms with Crippen LogP contribution in [-0.4, -0.2) is 55.3 Å². The van der Waals surface area contributed by atoms with Gasteiger partial charge in [-0.2, -0.15) is 0 Å². The Morgan fingerprint density at radius 2 is 1.81 bits per heavy atom. The number of benzene rings is 1. The quantitative estimate of drug-likeness (QED) is 0.799. The predicted molar refractivity (Wildman–Crippen MR) is 102 cm³/mol. The van der Waals surface area contributed by atoms with Crippen LogP contribution in [0.25, 0.3) is 0 Å². The third-order valence-electron chi connectivity index (χ3n) is 4.92. The fourth-order valence-electron chi connectivity index (χ4n) is 3.10. The monoisotopic (exact) mass is 415 g/mol. The molecule has 3 rings (SSSR count). The number of halogens is 2. The van der Waals surface area contributed by atoms with Gasteiger partial charge in [-0.3, -0.25) is 4.79 Å². The van der Waals surface area contributed by atoms with Gasteiger partial charge >= 0.3 is 6.09 Å². The zero-order valence-corrected chi connectivity index (χ0v) is 16.7. The van der Waals surface area contributed by atoms with Crippen molar-refractivity contribution in [3.8, 4) is 5.75 Å². The van der Waals surface area contributed by atoms with Crippen LogP contribution in [-0.2, 0) is 16.2 Å². The van der Waals surface area contributed by atoms with Crippen molar-refractivity contribution >= 4 is 35.2 Å². The van der Waals surface area contributed by atoms with E-state index in [0.29, 0.717) is 48.3 Å². The van der Waals surface area contributed by atoms with Gasteiger partial charge in [-0.1, -0.05) is 23.2 Å². The second-order valence-electron chi connectivity index (χ2n) is 6.70. The number of nitrogens with one attached hydrogen (secondary N) is 1. The van der Waals surface area contributed by atoms with Gasteiger partial charge in [0.2, 0.25) is 5.91 Å². The number of methoxy groups -OCH3 is 1. The molecule has 27 heavy (non-hydrogen) atoms. The first-order chi connectivity index (χ1) is 13.0. The Hall–Kier alpha value is -1.70. The summed E-state index contributed by atoms with van der Waals surface area (Å²) in [6.45, 7) is 2.93. The third-order valence-corrected chi connectivity index (χ3v) is 5.64. The normalized spacial score (nSPS) is 18.0. The van der Waals surface area contributed by atoms with Gasteiger partial charge in [-0.25, -0.2) is 4.79 Å². The molecule has 0 aliphatic carbocycles. The molecule has 2 saturated heterocycles. The van der Waals surface area contributed by atoms with Crippen LogP contribution < -0.4 is 10.1 Å². The van der Waals surface area contributed by atoms with Gasteiger partial charge in [0.25, 0.3) is 0 Å². The fourth-order valence-corrected chi connectivity index (χ4v) is 3.44. The van der Waals surface area contributed by atoms with E-state index in [1.807, 2.05) is 0 Å². The molecule has 0 aromatic heterocycles. The number of hydroxylamine groups is 2. The molecule has 2 amide bonds. The molecule has 0 radical (unpaired) electrons. The van der Waals surface area contributed by atoms with Crippen molar-refractivity contribution in [2.24, 2.45) is 5.92 Å². The zero-order valence-electron chi connectivity index (χ0n) is 15.2. The van der Waals surface area contributed by atoms with E-state index in [1.54, 1.807) is 29.2 Å². The number of amides is 2. The van der Waals surface area contributed by atoms with Crippen LogP contribution in [0.3, 0.4) is 0 Å². The molecule has 0 saturated carbocycles. The Balaban J connectivity index is 1.46. The van der Waals surface area contributed by atoms with Crippen molar-refractivity contribution in [1.29, 1.82) is 0 Å². The molecule has 0 atom stereocenters. The Labute approximate surface area is 168 Å². The van der Waals surface area contributed by atoms with Crippen LogP contribution in [0.1, 0.15) is 24.8 Å². The summed E-state index contributed by atoms with van der Waals surface area (Å²) in [4.78, 5) is 31.3. The average molecular weight is 416 g/mol. The molecule has 0 unspecified atom stereocenters. The van der Waals surface area contributed by atoms with Crippen LogP contribution in [0, 0.1) is 5.92 Å². The van der Waals surface area contributed by atoms with Gasteiger partial charge in [0.15, 0.2) is 0 Å². The minimum absolute atomic E-state index is 0.0307. The van der Waals surface area contributed by atoms with E-state index >= 15 is 0 Å². The van der Waals surface area contributed by atoms with Gasteiger partial charge in [0.05, 0.1) is 17.2 Å². The molecule has 1 N–H and O–H groups in total. The highest BCUT2D eigenvalue weighted by molar-refractivity contribution is 6.42. The minimum atomic E-state index is -0.295. The molecular formula is C18H23Cl2N3O4. The van der Waals surface area contributed by atoms with Gasteiger partial charge in [-0.15, -0.1) is 5.06 Å². The summed E-state index contributed by atoms with van der Waals surface area (Å²) in [6.07, 6.45) is 2.01. The number of hydrogen-bond donors (Lipinski definition) is 1. The van der Waals surface area contributed by atoms with E-state index in [4.69, 9.17) is 32.8 Å². The number of piperidine rings is 1. The Bertz CT molecular complexity index is 704. The fraction of sp³-hybridized carbons (Fsp3) is 0.556. The van der Waals surface area contributed by atoms with Crippen LogP contribution in [0.5, 0.6) is 5.75 Å². The summed E-state index contributed by atoms with van der Waals surface area (Å²) in [5, 5.41) is 5.39. The van der Waals surface area contributed by atoms with Gasteiger partial charge in [-0.05, 0) is 25.3 Å². The lowest BCUT2D eigenvalue weighted by atomic mass is 9.97. The van der Waals surface area contributed by atoms with Crippen molar-refractivity contribution in [3.63, 3.8) is 0 Å². The Kier molecular flexibility index (Phi) is 6.68. The van der Waals surface area contributed by atoms with Crippen molar-refractivity contribution in [2.45, 2.75) is 25.8 Å². The first-order valence-electron chi connectivity index (χ1n) is 8.99. The summed E-state index contributed by atoms with van der Waals surface area (Å²) in [6, 6.07) is 3.33. The molecule has 0 bridgehead atoms. The minimum Gasteiger partial charge on any atom is -0.496 e. The van der Waals surface area contributed by atoms with Gasteiger partial charge in [0.1, 0.15) is 5.75 Å². The van der Waals surface area contributed by atoms with Crippen molar-refractivity contribution < 1.29 is 19.2 Å². The molecular weight excluding hydrogens is 393 g/mol. The highest BCUT2D eigenvalue weighted by Crippen LogP contribution is 2.30. The standard InChI is InChI=1S/C18H23Cl2N3O4/c1-26-16-10-15(20)14(19)9-13(16)11-21-17(24)12-3-7-23(8-4-12)27-18(25)22-5-2-6-22/h9-10,12H,2-8,11H2,1H3,(H,21,24). The number of carbonyl (C=O) groups is 2. The first kappa shape index (κ1) is 20.0. The molecule has 2 aliphatic heterocycles. The number of rotatable bonds is 5. The summed E-state index contributed by atoms with van der Waals surface area (Å²) in [7, 11) is 1.54. The molecule has 2 aliphatic rings. The zero-order chi connectivity index (χ0) is 19.4. The largest absolute Gasteiger partial charge is 0.496 e. The number of hydrogen-bond acceptors (Lipinski definition) is 5. The average Bonchev–Trinajstić information content (AvgIpc) is 2.61. The van der Waals surface area contributed by atoms with Crippen LogP contribution in [0.4, 0.5) is 4.79 Å².